The number of methoxy groups -OCH3 is 1. The molecule has 8 nitrogen and oxygen atoms in total. The highest BCUT2D eigenvalue weighted by Gasteiger charge is 2.29. The average Bonchev–Trinajstić information content (AvgIpc) is 3.04. The van der Waals surface area contributed by atoms with Crippen molar-refractivity contribution in [1.82, 2.24) is 19.7 Å². The molecule has 1 aromatic carbocycles. The van der Waals surface area contributed by atoms with Crippen LogP contribution in [0.25, 0.3) is 22.4 Å². The lowest BCUT2D eigenvalue weighted by Gasteiger charge is -2.22. The number of hydrogen-bond acceptors (Lipinski definition) is 6. The van der Waals surface area contributed by atoms with Crippen molar-refractivity contribution in [3.8, 4) is 17.1 Å². The minimum Gasteiger partial charge on any atom is -0.493 e. The van der Waals surface area contributed by atoms with E-state index in [4.69, 9.17) is 14.5 Å². The predicted octanol–water partition coefficient (Wildman–Crippen LogP) is 3.42. The Kier molecular flexibility index (Phi) is 6.48. The van der Waals surface area contributed by atoms with Crippen LogP contribution in [0.2, 0.25) is 0 Å². The summed E-state index contributed by atoms with van der Waals surface area (Å²) in [6.45, 7) is 8.12. The molecule has 3 rings (SSSR count). The number of carbonyl (C=O) groups is 1. The van der Waals surface area contributed by atoms with Crippen molar-refractivity contribution in [2.45, 2.75) is 47.0 Å². The highest BCUT2D eigenvalue weighted by atomic mass is 16.5. The summed E-state index contributed by atoms with van der Waals surface area (Å²) < 4.78 is 12.3. The first-order valence-electron chi connectivity index (χ1n) is 10.5. The molecule has 0 spiro atoms. The highest BCUT2D eigenvalue weighted by Crippen LogP contribution is 2.32. The van der Waals surface area contributed by atoms with E-state index in [9.17, 15) is 9.59 Å². The number of hydrogen-bond donors (Lipinski definition) is 1. The van der Waals surface area contributed by atoms with Gasteiger partial charge in [0.2, 0.25) is 0 Å². The van der Waals surface area contributed by atoms with Gasteiger partial charge in [-0.15, -0.1) is 0 Å². The van der Waals surface area contributed by atoms with Gasteiger partial charge in [0, 0.05) is 7.05 Å². The molecule has 0 radical (unpaired) electrons. The molecule has 3 aromatic rings. The fourth-order valence-electron chi connectivity index (χ4n) is 3.79. The van der Waals surface area contributed by atoms with Crippen molar-refractivity contribution in [2.75, 3.05) is 13.7 Å². The molecule has 0 aliphatic carbocycles. The summed E-state index contributed by atoms with van der Waals surface area (Å²) in [6.07, 6.45) is 2.11. The molecule has 0 saturated heterocycles. The van der Waals surface area contributed by atoms with Gasteiger partial charge in [0.25, 0.3) is 5.56 Å². The van der Waals surface area contributed by atoms with E-state index >= 15 is 0 Å². The van der Waals surface area contributed by atoms with Crippen molar-refractivity contribution in [3.05, 3.63) is 39.8 Å². The lowest BCUT2D eigenvalue weighted by atomic mass is 9.85. The normalized spacial score (nSPS) is 11.7. The Morgan fingerprint density at radius 3 is 2.65 bits per heavy atom. The first-order valence-corrected chi connectivity index (χ1v) is 10.5. The van der Waals surface area contributed by atoms with E-state index in [0.717, 1.165) is 24.1 Å². The summed E-state index contributed by atoms with van der Waals surface area (Å²) in [5.74, 6) is 0.755. The molecule has 31 heavy (non-hydrogen) atoms. The van der Waals surface area contributed by atoms with E-state index in [1.54, 1.807) is 11.7 Å². The summed E-state index contributed by atoms with van der Waals surface area (Å²) >= 11 is 0. The predicted molar refractivity (Wildman–Crippen MR) is 119 cm³/mol. The van der Waals surface area contributed by atoms with Gasteiger partial charge in [-0.3, -0.25) is 14.3 Å². The van der Waals surface area contributed by atoms with Gasteiger partial charge in [-0.1, -0.05) is 19.4 Å². The number of aromatic nitrogens is 4. The zero-order valence-corrected chi connectivity index (χ0v) is 19.0. The van der Waals surface area contributed by atoms with Crippen LogP contribution in [0.1, 0.15) is 45.4 Å². The first kappa shape index (κ1) is 22.5. The third-order valence-corrected chi connectivity index (χ3v) is 5.23. The molecule has 0 amide bonds. The Labute approximate surface area is 181 Å². The van der Waals surface area contributed by atoms with Crippen LogP contribution in [0.5, 0.6) is 5.75 Å². The van der Waals surface area contributed by atoms with Gasteiger partial charge in [0.05, 0.1) is 30.4 Å². The number of benzene rings is 1. The van der Waals surface area contributed by atoms with E-state index < -0.39 is 5.41 Å². The van der Waals surface area contributed by atoms with Crippen LogP contribution in [0.4, 0.5) is 0 Å². The van der Waals surface area contributed by atoms with Gasteiger partial charge in [0.1, 0.15) is 17.1 Å². The Morgan fingerprint density at radius 1 is 1.26 bits per heavy atom. The fourth-order valence-corrected chi connectivity index (χ4v) is 3.79. The minimum absolute atomic E-state index is 0.250. The number of ether oxygens (including phenoxy) is 2. The Balaban J connectivity index is 2.16. The molecule has 2 aromatic heterocycles. The van der Waals surface area contributed by atoms with Crippen molar-refractivity contribution in [2.24, 2.45) is 12.5 Å². The quantitative estimate of drug-likeness (QED) is 0.554. The molecule has 1 N–H and O–H groups in total. The third-order valence-electron chi connectivity index (χ3n) is 5.23. The van der Waals surface area contributed by atoms with Gasteiger partial charge < -0.3 is 14.5 Å². The van der Waals surface area contributed by atoms with E-state index in [-0.39, 0.29) is 11.5 Å². The number of aryl methyl sites for hydroxylation is 2. The van der Waals surface area contributed by atoms with Crippen LogP contribution < -0.4 is 10.3 Å². The number of rotatable bonds is 8. The molecule has 0 atom stereocenters. The molecule has 0 unspecified atom stereocenters. The topological polar surface area (TPSA) is 99.1 Å². The van der Waals surface area contributed by atoms with Crippen molar-refractivity contribution >= 4 is 17.0 Å². The van der Waals surface area contributed by atoms with Gasteiger partial charge >= 0.3 is 5.97 Å². The first-order chi connectivity index (χ1) is 14.7. The maximum atomic E-state index is 12.9. The molecule has 166 valence electrons. The summed E-state index contributed by atoms with van der Waals surface area (Å²) in [4.78, 5) is 32.7. The zero-order valence-electron chi connectivity index (χ0n) is 19.0. The van der Waals surface area contributed by atoms with Crippen LogP contribution in [0, 0.1) is 5.41 Å². The molecule has 2 heterocycles. The SMILES string of the molecule is CCCc1nn(C)c2c(=O)[nH]c(-c3cc(CC(C)(C)C(=O)OC)ccc3OCC)nc12. The molecular weight excluding hydrogens is 396 g/mol. The van der Waals surface area contributed by atoms with Gasteiger partial charge in [-0.2, -0.15) is 5.10 Å². The summed E-state index contributed by atoms with van der Waals surface area (Å²) in [6, 6.07) is 5.68. The van der Waals surface area contributed by atoms with Crippen LogP contribution >= 0.6 is 0 Å². The second kappa shape index (κ2) is 8.91. The van der Waals surface area contributed by atoms with Crippen molar-refractivity contribution in [3.63, 3.8) is 0 Å². The number of nitrogens with zero attached hydrogens (tertiary/aromatic N) is 3. The largest absolute Gasteiger partial charge is 0.493 e. The number of carbonyl (C=O) groups excluding carboxylic acids is 1. The number of nitrogens with one attached hydrogen (secondary N) is 1. The van der Waals surface area contributed by atoms with Crippen molar-refractivity contribution < 1.29 is 14.3 Å². The number of H-pyrrole nitrogens is 1. The monoisotopic (exact) mass is 426 g/mol. The Bertz CT molecular complexity index is 1160. The second-order valence-electron chi connectivity index (χ2n) is 8.25. The van der Waals surface area contributed by atoms with Gasteiger partial charge in [-0.05, 0) is 51.3 Å². The lowest BCUT2D eigenvalue weighted by Crippen LogP contribution is -2.28. The second-order valence-corrected chi connectivity index (χ2v) is 8.25. The molecule has 0 fully saturated rings. The fraction of sp³-hybridized carbons (Fsp3) is 0.478. The van der Waals surface area contributed by atoms with E-state index in [1.807, 2.05) is 39.0 Å². The minimum atomic E-state index is -0.693. The summed E-state index contributed by atoms with van der Waals surface area (Å²) in [7, 11) is 3.14. The molecular formula is C23H30N4O4. The van der Waals surface area contributed by atoms with Crippen LogP contribution in [-0.2, 0) is 29.4 Å². The average molecular weight is 427 g/mol. The van der Waals surface area contributed by atoms with E-state index in [0.29, 0.717) is 41.2 Å². The third kappa shape index (κ3) is 4.47. The maximum absolute atomic E-state index is 12.9. The lowest BCUT2D eigenvalue weighted by molar-refractivity contribution is -0.150. The molecule has 0 saturated carbocycles. The Morgan fingerprint density at radius 2 is 2.00 bits per heavy atom. The van der Waals surface area contributed by atoms with Crippen LogP contribution in [0.15, 0.2) is 23.0 Å². The Hall–Kier alpha value is -3.16. The number of aromatic amines is 1. The molecule has 0 aliphatic rings. The van der Waals surface area contributed by atoms with E-state index in [2.05, 4.69) is 17.0 Å². The standard InChI is InChI=1S/C23H30N4O4/c1-7-9-16-18-19(27(5)26-16)21(28)25-20(24-18)15-12-14(10-11-17(15)31-8-2)13-23(3,4)22(29)30-6/h10-12H,7-9,13H2,1-6H3,(H,24,25,28). The van der Waals surface area contributed by atoms with Gasteiger partial charge in [-0.25, -0.2) is 4.98 Å². The number of fused-ring (bicyclic) bond motifs is 1. The summed E-state index contributed by atoms with van der Waals surface area (Å²) in [5, 5.41) is 4.48. The molecule has 0 aliphatic heterocycles. The van der Waals surface area contributed by atoms with Crippen LogP contribution in [-0.4, -0.2) is 39.4 Å². The highest BCUT2D eigenvalue weighted by molar-refractivity contribution is 5.80. The maximum Gasteiger partial charge on any atom is 0.311 e. The van der Waals surface area contributed by atoms with Gasteiger partial charge in [0.15, 0.2) is 5.52 Å². The van der Waals surface area contributed by atoms with E-state index in [1.165, 1.54) is 7.11 Å². The van der Waals surface area contributed by atoms with Crippen molar-refractivity contribution in [1.29, 1.82) is 0 Å². The molecule has 0 bridgehead atoms. The smallest absolute Gasteiger partial charge is 0.311 e. The number of esters is 1. The zero-order chi connectivity index (χ0) is 22.8. The van der Waals surface area contributed by atoms with Crippen LogP contribution in [0.3, 0.4) is 0 Å². The summed E-state index contributed by atoms with van der Waals surface area (Å²) in [5.41, 5.74) is 2.50. The molecule has 8 heteroatoms.